The van der Waals surface area contributed by atoms with E-state index in [1.165, 1.54) is 6.08 Å². The van der Waals surface area contributed by atoms with Crippen LogP contribution in [0.4, 0.5) is 0 Å². The number of carboxylic acid groups (broad SMARTS) is 1. The number of hydrogen-bond acceptors (Lipinski definition) is 2. The first kappa shape index (κ1) is 15.9. The van der Waals surface area contributed by atoms with Crippen molar-refractivity contribution in [3.63, 3.8) is 0 Å². The van der Waals surface area contributed by atoms with Gasteiger partial charge in [-0.3, -0.25) is 9.59 Å². The molecule has 1 amide bonds. The number of piperidine rings is 1. The molecule has 0 radical (unpaired) electrons. The van der Waals surface area contributed by atoms with Crippen LogP contribution in [0.1, 0.15) is 18.4 Å². The second-order valence-electron chi connectivity index (χ2n) is 4.91. The van der Waals surface area contributed by atoms with E-state index in [2.05, 4.69) is 0 Å². The van der Waals surface area contributed by atoms with Crippen LogP contribution in [0.25, 0.3) is 6.08 Å². The highest BCUT2D eigenvalue weighted by Gasteiger charge is 2.25. The molecule has 1 N–H and O–H groups in total. The van der Waals surface area contributed by atoms with Crippen molar-refractivity contribution in [3.05, 3.63) is 39.9 Å². The van der Waals surface area contributed by atoms with Gasteiger partial charge in [0.15, 0.2) is 0 Å². The van der Waals surface area contributed by atoms with Gasteiger partial charge >= 0.3 is 5.97 Å². The predicted octanol–water partition coefficient (Wildman–Crippen LogP) is 3.33. The van der Waals surface area contributed by atoms with Crippen molar-refractivity contribution in [2.75, 3.05) is 13.1 Å². The summed E-state index contributed by atoms with van der Waals surface area (Å²) in [7, 11) is 0. The highest BCUT2D eigenvalue weighted by Crippen LogP contribution is 2.26. The van der Waals surface area contributed by atoms with Crippen LogP contribution in [0, 0.1) is 5.92 Å². The summed E-state index contributed by atoms with van der Waals surface area (Å²) in [5.74, 6) is -1.28. The van der Waals surface area contributed by atoms with Crippen LogP contribution >= 0.6 is 23.2 Å². The molecule has 1 aromatic rings. The number of carbonyl (C=O) groups is 2. The number of nitrogens with zero attached hydrogens (tertiary/aromatic N) is 1. The van der Waals surface area contributed by atoms with Crippen molar-refractivity contribution in [2.24, 2.45) is 5.92 Å². The zero-order valence-electron chi connectivity index (χ0n) is 11.3. The van der Waals surface area contributed by atoms with Crippen molar-refractivity contribution < 1.29 is 14.7 Å². The van der Waals surface area contributed by atoms with Gasteiger partial charge < -0.3 is 10.0 Å². The molecule has 1 aliphatic rings. The largest absolute Gasteiger partial charge is 0.481 e. The Morgan fingerprint density at radius 1 is 1.24 bits per heavy atom. The van der Waals surface area contributed by atoms with Crippen LogP contribution in [-0.4, -0.2) is 35.0 Å². The van der Waals surface area contributed by atoms with Gasteiger partial charge in [0.25, 0.3) is 0 Å². The summed E-state index contributed by atoms with van der Waals surface area (Å²) >= 11 is 11.9. The minimum absolute atomic E-state index is 0.144. The van der Waals surface area contributed by atoms with E-state index in [9.17, 15) is 9.59 Å². The average Bonchev–Trinajstić information content (AvgIpc) is 2.48. The normalized spacial score (nSPS) is 16.4. The van der Waals surface area contributed by atoms with E-state index in [4.69, 9.17) is 28.3 Å². The lowest BCUT2D eigenvalue weighted by Gasteiger charge is -2.29. The summed E-state index contributed by atoms with van der Waals surface area (Å²) < 4.78 is 0. The Hall–Kier alpha value is -1.52. The molecule has 1 fully saturated rings. The van der Waals surface area contributed by atoms with Crippen molar-refractivity contribution >= 4 is 41.2 Å². The third-order valence-electron chi connectivity index (χ3n) is 3.54. The van der Waals surface area contributed by atoms with Gasteiger partial charge in [0.2, 0.25) is 5.91 Å². The van der Waals surface area contributed by atoms with Gasteiger partial charge in [-0.1, -0.05) is 35.3 Å². The van der Waals surface area contributed by atoms with Gasteiger partial charge in [0.05, 0.1) is 16.0 Å². The lowest BCUT2D eigenvalue weighted by molar-refractivity contribution is -0.144. The lowest BCUT2D eigenvalue weighted by atomic mass is 9.97. The standard InChI is InChI=1S/C15H15Cl2NO3/c16-12-3-1-2-10(14(12)17)4-5-13(19)18-8-6-11(7-9-18)15(20)21/h1-5,11H,6-9H2,(H,20,21). The first-order chi connectivity index (χ1) is 9.99. The maximum absolute atomic E-state index is 12.1. The SMILES string of the molecule is O=C(O)C1CCN(C(=O)C=Cc2cccc(Cl)c2Cl)CC1. The molecule has 0 aliphatic carbocycles. The Labute approximate surface area is 133 Å². The monoisotopic (exact) mass is 327 g/mol. The maximum Gasteiger partial charge on any atom is 0.306 e. The molecule has 0 bridgehead atoms. The van der Waals surface area contributed by atoms with Crippen molar-refractivity contribution in [3.8, 4) is 0 Å². The number of halogens is 2. The molecule has 0 atom stereocenters. The number of likely N-dealkylation sites (tertiary alicyclic amines) is 1. The molecular weight excluding hydrogens is 313 g/mol. The molecule has 0 spiro atoms. The minimum atomic E-state index is -0.789. The Morgan fingerprint density at radius 3 is 2.52 bits per heavy atom. The highest BCUT2D eigenvalue weighted by molar-refractivity contribution is 6.42. The number of aliphatic carboxylic acids is 1. The van der Waals surface area contributed by atoms with Crippen LogP contribution in [0.2, 0.25) is 10.0 Å². The molecule has 112 valence electrons. The zero-order chi connectivity index (χ0) is 15.4. The second-order valence-corrected chi connectivity index (χ2v) is 5.70. The fourth-order valence-corrected chi connectivity index (χ4v) is 2.63. The Balaban J connectivity index is 1.97. The zero-order valence-corrected chi connectivity index (χ0v) is 12.8. The average molecular weight is 328 g/mol. The highest BCUT2D eigenvalue weighted by atomic mass is 35.5. The third-order valence-corrected chi connectivity index (χ3v) is 4.38. The molecule has 0 aromatic heterocycles. The molecule has 1 heterocycles. The van der Waals surface area contributed by atoms with Crippen molar-refractivity contribution in [1.82, 2.24) is 4.90 Å². The van der Waals surface area contributed by atoms with E-state index < -0.39 is 5.97 Å². The van der Waals surface area contributed by atoms with Crippen LogP contribution in [0.5, 0.6) is 0 Å². The Kier molecular flexibility index (Phi) is 5.26. The number of benzene rings is 1. The molecule has 1 aliphatic heterocycles. The molecule has 0 saturated carbocycles. The molecule has 4 nitrogen and oxygen atoms in total. The van der Waals surface area contributed by atoms with Gasteiger partial charge in [0, 0.05) is 19.2 Å². The summed E-state index contributed by atoms with van der Waals surface area (Å²) in [5, 5.41) is 9.78. The summed E-state index contributed by atoms with van der Waals surface area (Å²) in [4.78, 5) is 24.6. The quantitative estimate of drug-likeness (QED) is 0.866. The summed E-state index contributed by atoms with van der Waals surface area (Å²) in [6.45, 7) is 0.923. The van der Waals surface area contributed by atoms with Gasteiger partial charge in [-0.2, -0.15) is 0 Å². The lowest BCUT2D eigenvalue weighted by Crippen LogP contribution is -2.39. The molecule has 2 rings (SSSR count). The van der Waals surface area contributed by atoms with Crippen molar-refractivity contribution in [2.45, 2.75) is 12.8 Å². The first-order valence-electron chi connectivity index (χ1n) is 6.63. The van der Waals surface area contributed by atoms with Gasteiger partial charge in [-0.25, -0.2) is 0 Å². The van der Waals surface area contributed by atoms with Crippen LogP contribution in [-0.2, 0) is 9.59 Å². The maximum atomic E-state index is 12.1. The molecule has 21 heavy (non-hydrogen) atoms. The second kappa shape index (κ2) is 6.96. The predicted molar refractivity (Wildman–Crippen MR) is 82.4 cm³/mol. The molecule has 0 unspecified atom stereocenters. The van der Waals surface area contributed by atoms with E-state index in [1.54, 1.807) is 29.2 Å². The number of rotatable bonds is 3. The minimum Gasteiger partial charge on any atom is -0.481 e. The fourth-order valence-electron chi connectivity index (χ4n) is 2.26. The molecule has 1 saturated heterocycles. The topological polar surface area (TPSA) is 57.6 Å². The fraction of sp³-hybridized carbons (Fsp3) is 0.333. The summed E-state index contributed by atoms with van der Waals surface area (Å²) in [6.07, 6.45) is 4.05. The van der Waals surface area contributed by atoms with Gasteiger partial charge in [-0.05, 0) is 30.5 Å². The molecule has 6 heteroatoms. The van der Waals surface area contributed by atoms with Gasteiger partial charge in [-0.15, -0.1) is 0 Å². The Bertz CT molecular complexity index is 578. The number of carboxylic acids is 1. The summed E-state index contributed by atoms with van der Waals surface area (Å²) in [5.41, 5.74) is 0.679. The first-order valence-corrected chi connectivity index (χ1v) is 7.38. The molecular formula is C15H15Cl2NO3. The van der Waals surface area contributed by atoms with Crippen molar-refractivity contribution in [1.29, 1.82) is 0 Å². The van der Waals surface area contributed by atoms with Crippen LogP contribution < -0.4 is 0 Å². The number of amides is 1. The van der Waals surface area contributed by atoms with E-state index >= 15 is 0 Å². The Morgan fingerprint density at radius 2 is 1.90 bits per heavy atom. The molecule has 1 aromatic carbocycles. The third kappa shape index (κ3) is 3.99. The van der Waals surface area contributed by atoms with Crippen LogP contribution in [0.15, 0.2) is 24.3 Å². The number of hydrogen-bond donors (Lipinski definition) is 1. The van der Waals surface area contributed by atoms with Gasteiger partial charge in [0.1, 0.15) is 0 Å². The number of carbonyl (C=O) groups excluding carboxylic acids is 1. The van der Waals surface area contributed by atoms with E-state index in [0.717, 1.165) is 0 Å². The van der Waals surface area contributed by atoms with E-state index in [1.807, 2.05) is 0 Å². The summed E-state index contributed by atoms with van der Waals surface area (Å²) in [6, 6.07) is 5.21. The van der Waals surface area contributed by atoms with Crippen LogP contribution in [0.3, 0.4) is 0 Å². The van der Waals surface area contributed by atoms with E-state index in [-0.39, 0.29) is 11.8 Å². The smallest absolute Gasteiger partial charge is 0.306 e. The van der Waals surface area contributed by atoms with E-state index in [0.29, 0.717) is 41.5 Å².